The number of morpholine rings is 1. The molecule has 0 unspecified atom stereocenters. The van der Waals surface area contributed by atoms with Crippen molar-refractivity contribution in [3.8, 4) is 0 Å². The van der Waals surface area contributed by atoms with Crippen LogP contribution in [0.5, 0.6) is 0 Å². The number of rotatable bonds is 5. The molecule has 2 atom stereocenters. The second kappa shape index (κ2) is 15.3. The Hall–Kier alpha value is -3.64. The molecular formula is C28H37F6N5O7. The van der Waals surface area contributed by atoms with E-state index in [9.17, 15) is 31.1 Å². The van der Waals surface area contributed by atoms with E-state index in [2.05, 4.69) is 32.1 Å². The molecule has 18 heteroatoms. The molecule has 3 aliphatic rings. The van der Waals surface area contributed by atoms with Crippen LogP contribution in [-0.4, -0.2) is 117 Å². The van der Waals surface area contributed by atoms with Crippen LogP contribution in [0, 0.1) is 18.3 Å². The van der Waals surface area contributed by atoms with Crippen LogP contribution in [0.4, 0.5) is 26.3 Å². The summed E-state index contributed by atoms with van der Waals surface area (Å²) in [6.07, 6.45) is -4.16. The van der Waals surface area contributed by atoms with Crippen LogP contribution in [0.1, 0.15) is 29.9 Å². The molecule has 5 rings (SSSR count). The third kappa shape index (κ3) is 10.2. The lowest BCUT2D eigenvalue weighted by atomic mass is 9.73. The Morgan fingerprint density at radius 3 is 2.04 bits per heavy atom. The highest BCUT2D eigenvalue weighted by atomic mass is 19.4. The average molecular weight is 670 g/mol. The molecule has 12 nitrogen and oxygen atoms in total. The number of ether oxygens (including phenoxy) is 1. The highest BCUT2D eigenvalue weighted by Crippen LogP contribution is 2.45. The van der Waals surface area contributed by atoms with Crippen molar-refractivity contribution in [3.63, 3.8) is 0 Å². The Balaban J connectivity index is 0.000000345. The SMILES string of the molecule is Cc1ccc(CN2CCC[C@]3(C(=O)N4CCOCC4)CN(Cc4cnn(C)c4)C[C@@H]3C2)o1.O=C(O)C(F)(F)F.O=C(O)C(F)(F)F. The number of fused-ring (bicyclic) bond motifs is 1. The van der Waals surface area contributed by atoms with Gasteiger partial charge in [-0.2, -0.15) is 31.4 Å². The quantitative estimate of drug-likeness (QED) is 0.456. The molecule has 2 N–H and O–H groups in total. The van der Waals surface area contributed by atoms with Crippen molar-refractivity contribution in [1.29, 1.82) is 0 Å². The summed E-state index contributed by atoms with van der Waals surface area (Å²) >= 11 is 0. The van der Waals surface area contributed by atoms with Crippen molar-refractivity contribution in [2.45, 2.75) is 45.2 Å². The maximum Gasteiger partial charge on any atom is 0.490 e. The van der Waals surface area contributed by atoms with Crippen LogP contribution >= 0.6 is 0 Å². The maximum atomic E-state index is 14.0. The monoisotopic (exact) mass is 669 g/mol. The van der Waals surface area contributed by atoms with Crippen molar-refractivity contribution in [2.75, 3.05) is 52.5 Å². The van der Waals surface area contributed by atoms with Gasteiger partial charge in [-0.1, -0.05) is 0 Å². The zero-order valence-electron chi connectivity index (χ0n) is 25.3. The lowest BCUT2D eigenvalue weighted by Crippen LogP contribution is -2.52. The highest BCUT2D eigenvalue weighted by Gasteiger charge is 2.54. The van der Waals surface area contributed by atoms with Gasteiger partial charge in [-0.3, -0.25) is 19.3 Å². The fourth-order valence-electron chi connectivity index (χ4n) is 5.91. The van der Waals surface area contributed by atoms with E-state index in [4.69, 9.17) is 29.0 Å². The number of hydrogen-bond acceptors (Lipinski definition) is 8. The molecular weight excluding hydrogens is 632 g/mol. The second-order valence-corrected chi connectivity index (χ2v) is 11.4. The molecule has 3 aliphatic heterocycles. The predicted molar refractivity (Wildman–Crippen MR) is 147 cm³/mol. The van der Waals surface area contributed by atoms with Gasteiger partial charge in [0, 0.05) is 58.1 Å². The zero-order chi connectivity index (χ0) is 34.3. The molecule has 0 saturated carbocycles. The number of hydrogen-bond donors (Lipinski definition) is 2. The van der Waals surface area contributed by atoms with Gasteiger partial charge in [-0.25, -0.2) is 9.59 Å². The van der Waals surface area contributed by atoms with Crippen molar-refractivity contribution in [1.82, 2.24) is 24.5 Å². The molecule has 258 valence electrons. The third-order valence-corrected chi connectivity index (χ3v) is 7.89. The van der Waals surface area contributed by atoms with E-state index in [1.807, 2.05) is 30.9 Å². The molecule has 1 amide bonds. The molecule has 0 aliphatic carbocycles. The maximum absolute atomic E-state index is 14.0. The van der Waals surface area contributed by atoms with Crippen molar-refractivity contribution >= 4 is 17.8 Å². The number of carbonyl (C=O) groups is 3. The summed E-state index contributed by atoms with van der Waals surface area (Å²) in [7, 11) is 1.95. The van der Waals surface area contributed by atoms with Crippen LogP contribution < -0.4 is 0 Å². The molecule has 2 aromatic heterocycles. The molecule has 5 heterocycles. The first-order valence-corrected chi connectivity index (χ1v) is 14.4. The molecule has 3 saturated heterocycles. The van der Waals surface area contributed by atoms with Crippen LogP contribution in [0.2, 0.25) is 0 Å². The van der Waals surface area contributed by atoms with E-state index in [-0.39, 0.29) is 5.41 Å². The van der Waals surface area contributed by atoms with Crippen LogP contribution in [-0.2, 0) is 39.3 Å². The standard InChI is InChI=1S/C24H35N5O3.2C2HF3O2/c1-19-4-5-22(32-19)17-27-7-3-6-24(23(30)29-8-10-31-11-9-29)18-28(16-21(24)15-27)14-20-12-25-26(2)13-20;2*3-2(4,5)1(6)7/h4-5,12-13,21H,3,6-11,14-18H2,1-2H3;2*(H,6,7)/t21-,24-;;/m0../s1. The fraction of sp³-hybridized carbons (Fsp3) is 0.643. The number of alkyl halides is 6. The van der Waals surface area contributed by atoms with Crippen LogP contribution in [0.15, 0.2) is 28.9 Å². The second-order valence-electron chi connectivity index (χ2n) is 11.4. The molecule has 2 aromatic rings. The summed E-state index contributed by atoms with van der Waals surface area (Å²) in [5.74, 6) is -2.89. The van der Waals surface area contributed by atoms with Crippen LogP contribution in [0.25, 0.3) is 0 Å². The number of aryl methyl sites for hydroxylation is 2. The van der Waals surface area contributed by atoms with Gasteiger partial charge in [0.1, 0.15) is 11.5 Å². The van der Waals surface area contributed by atoms with E-state index >= 15 is 0 Å². The molecule has 0 bridgehead atoms. The van der Waals surface area contributed by atoms with Crippen LogP contribution in [0.3, 0.4) is 0 Å². The number of aliphatic carboxylic acids is 2. The molecule has 0 spiro atoms. The summed E-state index contributed by atoms with van der Waals surface area (Å²) in [6, 6.07) is 4.11. The smallest absolute Gasteiger partial charge is 0.475 e. The number of carboxylic acids is 2. The van der Waals surface area contributed by atoms with Crippen molar-refractivity contribution in [2.24, 2.45) is 18.4 Å². The number of likely N-dealkylation sites (tertiary alicyclic amines) is 2. The van der Waals surface area contributed by atoms with E-state index in [1.165, 1.54) is 5.56 Å². The molecule has 46 heavy (non-hydrogen) atoms. The van der Waals surface area contributed by atoms with Crippen molar-refractivity contribution < 1.29 is 60.1 Å². The Kier molecular flexibility index (Phi) is 12.2. The molecule has 3 fully saturated rings. The summed E-state index contributed by atoms with van der Waals surface area (Å²) in [5, 5.41) is 18.6. The predicted octanol–water partition coefficient (Wildman–Crippen LogP) is 3.16. The van der Waals surface area contributed by atoms with E-state index in [0.717, 1.165) is 63.6 Å². The van der Waals surface area contributed by atoms with Gasteiger partial charge in [0.15, 0.2) is 0 Å². The number of nitrogens with zero attached hydrogens (tertiary/aromatic N) is 5. The van der Waals surface area contributed by atoms with Gasteiger partial charge in [0.25, 0.3) is 0 Å². The first kappa shape index (κ1) is 36.8. The fourth-order valence-corrected chi connectivity index (χ4v) is 5.91. The minimum atomic E-state index is -5.08. The number of aromatic nitrogens is 2. The number of halogens is 6. The largest absolute Gasteiger partial charge is 0.490 e. The van der Waals surface area contributed by atoms with Gasteiger partial charge in [0.2, 0.25) is 5.91 Å². The van der Waals surface area contributed by atoms with E-state index < -0.39 is 24.3 Å². The number of carbonyl (C=O) groups excluding carboxylic acids is 1. The Morgan fingerprint density at radius 1 is 0.957 bits per heavy atom. The zero-order valence-corrected chi connectivity index (χ0v) is 25.3. The van der Waals surface area contributed by atoms with E-state index in [1.54, 1.807) is 0 Å². The minimum Gasteiger partial charge on any atom is -0.475 e. The van der Waals surface area contributed by atoms with Gasteiger partial charge in [-0.05, 0) is 44.4 Å². The van der Waals surface area contributed by atoms with Gasteiger partial charge in [0.05, 0.1) is 31.4 Å². The normalized spacial score (nSPS) is 22.5. The third-order valence-electron chi connectivity index (χ3n) is 7.89. The first-order valence-electron chi connectivity index (χ1n) is 14.4. The Morgan fingerprint density at radius 2 is 1.54 bits per heavy atom. The van der Waals surface area contributed by atoms with Crippen molar-refractivity contribution in [3.05, 3.63) is 41.6 Å². The van der Waals surface area contributed by atoms with Gasteiger partial charge in [-0.15, -0.1) is 0 Å². The summed E-state index contributed by atoms with van der Waals surface area (Å²) < 4.78 is 76.7. The highest BCUT2D eigenvalue weighted by molar-refractivity contribution is 5.84. The lowest BCUT2D eigenvalue weighted by Gasteiger charge is -2.39. The summed E-state index contributed by atoms with van der Waals surface area (Å²) in [5.41, 5.74) is 0.897. The van der Waals surface area contributed by atoms with Gasteiger partial charge < -0.3 is 24.3 Å². The number of furan rings is 1. The van der Waals surface area contributed by atoms with E-state index in [0.29, 0.717) is 38.1 Å². The average Bonchev–Trinajstić information content (AvgIpc) is 3.64. The summed E-state index contributed by atoms with van der Waals surface area (Å²) in [6.45, 7) is 10.1. The summed E-state index contributed by atoms with van der Waals surface area (Å²) in [4.78, 5) is 38.8. The molecule has 0 aromatic carbocycles. The number of amides is 1. The minimum absolute atomic E-state index is 0.312. The lowest BCUT2D eigenvalue weighted by molar-refractivity contribution is -0.193. The topological polar surface area (TPSA) is 142 Å². The number of carboxylic acid groups (broad SMARTS) is 2. The Labute approximate surface area is 260 Å². The first-order chi connectivity index (χ1) is 21.4. The Bertz CT molecular complexity index is 1300. The van der Waals surface area contributed by atoms with Gasteiger partial charge >= 0.3 is 24.3 Å². The molecule has 0 radical (unpaired) electrons.